The van der Waals surface area contributed by atoms with Crippen LogP contribution in [0.25, 0.3) is 0 Å². The average Bonchev–Trinajstić information content (AvgIpc) is 2.68. The van der Waals surface area contributed by atoms with E-state index in [2.05, 4.69) is 0 Å². The third-order valence-corrected chi connectivity index (χ3v) is 6.79. The highest BCUT2D eigenvalue weighted by atomic mass is 32.2. The summed E-state index contributed by atoms with van der Waals surface area (Å²) in [6.45, 7) is 5.84. The van der Waals surface area contributed by atoms with Gasteiger partial charge in [0, 0.05) is 6.07 Å². The van der Waals surface area contributed by atoms with E-state index in [4.69, 9.17) is 4.74 Å². The molecule has 4 nitrogen and oxygen atoms in total. The third-order valence-electron chi connectivity index (χ3n) is 4.88. The number of nitrogens with zero attached hydrogens (tertiary/aromatic N) is 1. The van der Waals surface area contributed by atoms with Gasteiger partial charge in [-0.15, -0.1) is 0 Å². The molecule has 0 saturated carbocycles. The van der Waals surface area contributed by atoms with Crippen molar-refractivity contribution in [3.05, 3.63) is 89.5 Å². The predicted octanol–water partition coefficient (Wildman–Crippen LogP) is 5.27. The molecular formula is C23H25NO3S. The molecule has 0 aromatic heterocycles. The Balaban J connectivity index is 2.19. The van der Waals surface area contributed by atoms with Gasteiger partial charge in [-0.25, -0.2) is 8.42 Å². The van der Waals surface area contributed by atoms with Crippen LogP contribution in [0.15, 0.2) is 77.7 Å². The van der Waals surface area contributed by atoms with Crippen LogP contribution in [-0.4, -0.2) is 15.5 Å². The van der Waals surface area contributed by atoms with Crippen LogP contribution >= 0.6 is 0 Å². The quantitative estimate of drug-likeness (QED) is 0.571. The Morgan fingerprint density at radius 2 is 1.57 bits per heavy atom. The lowest BCUT2D eigenvalue weighted by atomic mass is 10.0. The maximum atomic E-state index is 13.7. The molecule has 0 radical (unpaired) electrons. The van der Waals surface area contributed by atoms with E-state index in [1.54, 1.807) is 43.5 Å². The molecule has 0 N–H and O–H groups in total. The molecule has 0 amide bonds. The van der Waals surface area contributed by atoms with Crippen LogP contribution in [0.2, 0.25) is 0 Å². The van der Waals surface area contributed by atoms with Crippen LogP contribution in [0.3, 0.4) is 0 Å². The highest BCUT2D eigenvalue weighted by Crippen LogP contribution is 2.35. The second kappa shape index (κ2) is 8.07. The van der Waals surface area contributed by atoms with Crippen molar-refractivity contribution in [3.8, 4) is 5.75 Å². The van der Waals surface area contributed by atoms with Crippen molar-refractivity contribution in [2.24, 2.45) is 0 Å². The molecule has 0 bridgehead atoms. The van der Waals surface area contributed by atoms with Crippen LogP contribution in [0.1, 0.15) is 29.7 Å². The van der Waals surface area contributed by atoms with Gasteiger partial charge in [-0.2, -0.15) is 0 Å². The van der Waals surface area contributed by atoms with Crippen LogP contribution in [-0.2, 0) is 10.0 Å². The normalized spacial score (nSPS) is 12.4. The molecule has 0 fully saturated rings. The molecule has 3 rings (SSSR count). The molecule has 3 aromatic carbocycles. The van der Waals surface area contributed by atoms with Crippen molar-refractivity contribution in [2.45, 2.75) is 31.7 Å². The minimum Gasteiger partial charge on any atom is -0.497 e. The molecule has 0 unspecified atom stereocenters. The number of methoxy groups -OCH3 is 1. The zero-order chi connectivity index (χ0) is 20.3. The SMILES string of the molecule is COc1cccc(N([C@H](C)c2ccccc2C)S(=O)(=O)c2ccc(C)cc2)c1. The van der Waals surface area contributed by atoms with Gasteiger partial charge in [0.1, 0.15) is 5.75 Å². The lowest BCUT2D eigenvalue weighted by Gasteiger charge is -2.32. The van der Waals surface area contributed by atoms with Crippen LogP contribution in [0.4, 0.5) is 5.69 Å². The molecule has 0 heterocycles. The summed E-state index contributed by atoms with van der Waals surface area (Å²) in [7, 11) is -2.21. The zero-order valence-electron chi connectivity index (χ0n) is 16.6. The molecule has 0 aliphatic heterocycles. The van der Waals surface area contributed by atoms with Crippen LogP contribution in [0, 0.1) is 13.8 Å². The number of rotatable bonds is 6. The molecular weight excluding hydrogens is 370 g/mol. The van der Waals surface area contributed by atoms with E-state index in [1.165, 1.54) is 4.31 Å². The van der Waals surface area contributed by atoms with Crippen molar-refractivity contribution in [2.75, 3.05) is 11.4 Å². The molecule has 28 heavy (non-hydrogen) atoms. The van der Waals surface area contributed by atoms with Crippen LogP contribution in [0.5, 0.6) is 5.75 Å². The van der Waals surface area contributed by atoms with Crippen molar-refractivity contribution in [3.63, 3.8) is 0 Å². The first-order valence-corrected chi connectivity index (χ1v) is 10.6. The Kier molecular flexibility index (Phi) is 5.75. The fourth-order valence-electron chi connectivity index (χ4n) is 3.32. The first-order chi connectivity index (χ1) is 13.3. The Labute approximate surface area is 167 Å². The standard InChI is InChI=1S/C23H25NO3S/c1-17-12-14-22(15-13-17)28(25,26)24(20-9-7-10-21(16-20)27-4)19(3)23-11-6-5-8-18(23)2/h5-16,19H,1-4H3/t19-/m1/s1. The highest BCUT2D eigenvalue weighted by Gasteiger charge is 2.31. The summed E-state index contributed by atoms with van der Waals surface area (Å²) in [4.78, 5) is 0.265. The number of anilines is 1. The molecule has 3 aromatic rings. The number of benzene rings is 3. The van der Waals surface area contributed by atoms with Gasteiger partial charge in [0.05, 0.1) is 23.7 Å². The predicted molar refractivity (Wildman–Crippen MR) is 113 cm³/mol. The van der Waals surface area contributed by atoms with Gasteiger partial charge in [0.25, 0.3) is 10.0 Å². The highest BCUT2D eigenvalue weighted by molar-refractivity contribution is 7.92. The molecule has 0 spiro atoms. The number of sulfonamides is 1. The second-order valence-electron chi connectivity index (χ2n) is 6.85. The van der Waals surface area contributed by atoms with Gasteiger partial charge < -0.3 is 4.74 Å². The van der Waals surface area contributed by atoms with Crippen LogP contribution < -0.4 is 9.04 Å². The van der Waals surface area contributed by atoms with Gasteiger partial charge in [0.2, 0.25) is 0 Å². The van der Waals surface area contributed by atoms with Gasteiger partial charge in [-0.1, -0.05) is 48.0 Å². The number of ether oxygens (including phenoxy) is 1. The Morgan fingerprint density at radius 1 is 0.893 bits per heavy atom. The van der Waals surface area contributed by atoms with E-state index < -0.39 is 10.0 Å². The summed E-state index contributed by atoms with van der Waals surface area (Å²) in [6.07, 6.45) is 0. The first kappa shape index (κ1) is 20.0. The smallest absolute Gasteiger partial charge is 0.264 e. The van der Waals surface area contributed by atoms with E-state index in [1.807, 2.05) is 57.2 Å². The monoisotopic (exact) mass is 395 g/mol. The Bertz CT molecular complexity index is 1060. The van der Waals surface area contributed by atoms with E-state index in [-0.39, 0.29) is 10.9 Å². The van der Waals surface area contributed by atoms with Crippen molar-refractivity contribution >= 4 is 15.7 Å². The third kappa shape index (κ3) is 3.90. The number of aryl methyl sites for hydroxylation is 2. The largest absolute Gasteiger partial charge is 0.497 e. The first-order valence-electron chi connectivity index (χ1n) is 9.15. The Hall–Kier alpha value is -2.79. The number of hydrogen-bond donors (Lipinski definition) is 0. The zero-order valence-corrected chi connectivity index (χ0v) is 17.4. The lowest BCUT2D eigenvalue weighted by molar-refractivity contribution is 0.415. The molecule has 0 aliphatic carbocycles. The van der Waals surface area contributed by atoms with E-state index in [0.29, 0.717) is 11.4 Å². The number of hydrogen-bond acceptors (Lipinski definition) is 3. The average molecular weight is 396 g/mol. The minimum absolute atomic E-state index is 0.265. The van der Waals surface area contributed by atoms with E-state index >= 15 is 0 Å². The molecule has 5 heteroatoms. The second-order valence-corrected chi connectivity index (χ2v) is 8.66. The summed E-state index contributed by atoms with van der Waals surface area (Å²) in [5.74, 6) is 0.610. The minimum atomic E-state index is -3.78. The van der Waals surface area contributed by atoms with Gasteiger partial charge >= 0.3 is 0 Å². The summed E-state index contributed by atoms with van der Waals surface area (Å²) >= 11 is 0. The van der Waals surface area contributed by atoms with Gasteiger partial charge in [-0.3, -0.25) is 4.31 Å². The summed E-state index contributed by atoms with van der Waals surface area (Å²) in [5.41, 5.74) is 3.58. The summed E-state index contributed by atoms with van der Waals surface area (Å²) < 4.78 is 34.1. The Morgan fingerprint density at radius 3 is 2.21 bits per heavy atom. The molecule has 0 aliphatic rings. The summed E-state index contributed by atoms with van der Waals surface area (Å²) in [6, 6.07) is 21.6. The fraction of sp³-hybridized carbons (Fsp3) is 0.217. The van der Waals surface area contributed by atoms with Crippen molar-refractivity contribution in [1.82, 2.24) is 0 Å². The van der Waals surface area contributed by atoms with E-state index in [9.17, 15) is 8.42 Å². The molecule has 1 atom stereocenters. The van der Waals surface area contributed by atoms with Crippen molar-refractivity contribution in [1.29, 1.82) is 0 Å². The molecule has 146 valence electrons. The topological polar surface area (TPSA) is 46.6 Å². The van der Waals surface area contributed by atoms with Crippen molar-refractivity contribution < 1.29 is 13.2 Å². The molecule has 0 saturated heterocycles. The maximum absolute atomic E-state index is 13.7. The van der Waals surface area contributed by atoms with Gasteiger partial charge in [-0.05, 0) is 56.2 Å². The lowest BCUT2D eigenvalue weighted by Crippen LogP contribution is -2.34. The summed E-state index contributed by atoms with van der Waals surface area (Å²) in [5, 5.41) is 0. The maximum Gasteiger partial charge on any atom is 0.264 e. The van der Waals surface area contributed by atoms with Gasteiger partial charge in [0.15, 0.2) is 0 Å². The van der Waals surface area contributed by atoms with E-state index in [0.717, 1.165) is 16.7 Å². The fourth-order valence-corrected chi connectivity index (χ4v) is 4.95.